The number of aromatic nitrogens is 4. The lowest BCUT2D eigenvalue weighted by Gasteiger charge is -2.08. The Morgan fingerprint density at radius 3 is 2.55 bits per heavy atom. The number of nitrogens with zero attached hydrogens (tertiary/aromatic N) is 4. The van der Waals surface area contributed by atoms with E-state index in [-0.39, 0.29) is 18.0 Å². The highest BCUT2D eigenvalue weighted by Crippen LogP contribution is 2.32. The standard InChI is InChI=1S/C20H19N5O3S/c1-25-20(14-4-6-21-7-5-14)18-11-15(2-3-19(18)24-25)16-10-17(13-22-12-16)29(27,28)23-8-9-26/h2-7,10-13,23,26H,8-9H2,1H3. The van der Waals surface area contributed by atoms with E-state index >= 15 is 0 Å². The minimum absolute atomic E-state index is 0.0455. The number of aliphatic hydroxyl groups excluding tert-OH is 1. The number of fused-ring (bicyclic) bond motifs is 1. The van der Waals surface area contributed by atoms with Crippen molar-refractivity contribution >= 4 is 20.9 Å². The van der Waals surface area contributed by atoms with Crippen LogP contribution < -0.4 is 4.72 Å². The summed E-state index contributed by atoms with van der Waals surface area (Å²) in [6.07, 6.45) is 6.37. The Labute approximate surface area is 167 Å². The Bertz CT molecular complexity index is 1270. The third-order valence-corrected chi connectivity index (χ3v) is 5.98. The van der Waals surface area contributed by atoms with Crippen LogP contribution in [0.4, 0.5) is 0 Å². The molecule has 1 aromatic carbocycles. The summed E-state index contributed by atoms with van der Waals surface area (Å²) in [5.41, 5.74) is 4.27. The first kappa shape index (κ1) is 19.2. The summed E-state index contributed by atoms with van der Waals surface area (Å²) >= 11 is 0. The minimum Gasteiger partial charge on any atom is -0.395 e. The summed E-state index contributed by atoms with van der Waals surface area (Å²) in [5, 5.41) is 14.4. The van der Waals surface area contributed by atoms with Crippen LogP contribution >= 0.6 is 0 Å². The van der Waals surface area contributed by atoms with Crippen LogP contribution in [0.3, 0.4) is 0 Å². The molecule has 2 N–H and O–H groups in total. The number of rotatable bonds is 6. The van der Waals surface area contributed by atoms with Crippen LogP contribution in [0.5, 0.6) is 0 Å². The third-order valence-electron chi connectivity index (χ3n) is 4.55. The van der Waals surface area contributed by atoms with Crippen molar-refractivity contribution in [1.82, 2.24) is 24.5 Å². The van der Waals surface area contributed by atoms with Gasteiger partial charge in [-0.15, -0.1) is 0 Å². The van der Waals surface area contributed by atoms with E-state index < -0.39 is 10.0 Å². The molecule has 0 bridgehead atoms. The molecule has 0 saturated heterocycles. The van der Waals surface area contributed by atoms with E-state index in [1.54, 1.807) is 24.7 Å². The number of sulfonamides is 1. The second kappa shape index (κ2) is 7.70. The minimum atomic E-state index is -3.74. The van der Waals surface area contributed by atoms with E-state index in [0.29, 0.717) is 5.56 Å². The van der Waals surface area contributed by atoms with Crippen molar-refractivity contribution in [1.29, 1.82) is 0 Å². The monoisotopic (exact) mass is 409 g/mol. The molecule has 0 fully saturated rings. The second-order valence-electron chi connectivity index (χ2n) is 6.47. The van der Waals surface area contributed by atoms with Crippen LogP contribution in [0.15, 0.2) is 66.1 Å². The number of nitrogens with one attached hydrogen (secondary N) is 1. The molecule has 4 rings (SSSR count). The third kappa shape index (κ3) is 3.75. The zero-order chi connectivity index (χ0) is 20.4. The van der Waals surface area contributed by atoms with Gasteiger partial charge in [0.25, 0.3) is 0 Å². The Balaban J connectivity index is 1.81. The molecular formula is C20H19N5O3S. The summed E-state index contributed by atoms with van der Waals surface area (Å²) in [6, 6.07) is 11.2. The van der Waals surface area contributed by atoms with Gasteiger partial charge in [0.15, 0.2) is 0 Å². The van der Waals surface area contributed by atoms with Crippen molar-refractivity contribution < 1.29 is 13.5 Å². The molecular weight excluding hydrogens is 390 g/mol. The molecule has 0 amide bonds. The Kier molecular flexibility index (Phi) is 5.10. The fourth-order valence-electron chi connectivity index (χ4n) is 3.22. The number of benzene rings is 1. The zero-order valence-electron chi connectivity index (χ0n) is 15.6. The predicted octanol–water partition coefficient (Wildman–Crippen LogP) is 1.97. The first-order valence-electron chi connectivity index (χ1n) is 8.93. The van der Waals surface area contributed by atoms with Gasteiger partial charge in [-0.25, -0.2) is 13.1 Å². The van der Waals surface area contributed by atoms with Crippen molar-refractivity contribution in [2.24, 2.45) is 7.05 Å². The Morgan fingerprint density at radius 2 is 1.79 bits per heavy atom. The fraction of sp³-hybridized carbons (Fsp3) is 0.150. The molecule has 4 aromatic rings. The van der Waals surface area contributed by atoms with Gasteiger partial charge in [0.2, 0.25) is 10.0 Å². The van der Waals surface area contributed by atoms with Crippen LogP contribution in [0.1, 0.15) is 0 Å². The lowest BCUT2D eigenvalue weighted by Crippen LogP contribution is -2.26. The molecule has 0 aliphatic heterocycles. The number of aliphatic hydroxyl groups is 1. The first-order valence-corrected chi connectivity index (χ1v) is 10.4. The average Bonchev–Trinajstić information content (AvgIpc) is 3.08. The zero-order valence-corrected chi connectivity index (χ0v) is 16.5. The lowest BCUT2D eigenvalue weighted by atomic mass is 10.0. The molecule has 0 atom stereocenters. The smallest absolute Gasteiger partial charge is 0.242 e. The van der Waals surface area contributed by atoms with Gasteiger partial charge < -0.3 is 5.11 Å². The quantitative estimate of drug-likeness (QED) is 0.504. The Morgan fingerprint density at radius 1 is 1.00 bits per heavy atom. The van der Waals surface area contributed by atoms with Crippen molar-refractivity contribution in [3.8, 4) is 22.4 Å². The summed E-state index contributed by atoms with van der Waals surface area (Å²) in [5.74, 6) is 0. The maximum atomic E-state index is 12.3. The van der Waals surface area contributed by atoms with E-state index in [1.807, 2.05) is 42.1 Å². The molecule has 0 radical (unpaired) electrons. The number of pyridine rings is 2. The molecule has 0 aliphatic carbocycles. The van der Waals surface area contributed by atoms with Gasteiger partial charge in [-0.2, -0.15) is 5.10 Å². The molecule has 148 valence electrons. The average molecular weight is 409 g/mol. The normalized spacial score (nSPS) is 11.8. The number of aryl methyl sites for hydroxylation is 1. The molecule has 3 aromatic heterocycles. The van der Waals surface area contributed by atoms with Crippen LogP contribution in [0, 0.1) is 0 Å². The second-order valence-corrected chi connectivity index (χ2v) is 8.24. The van der Waals surface area contributed by atoms with Gasteiger partial charge in [0.1, 0.15) is 4.90 Å². The lowest BCUT2D eigenvalue weighted by molar-refractivity contribution is 0.301. The SMILES string of the molecule is Cn1nc2ccc(-c3cncc(S(=O)(=O)NCCO)c3)cc2c1-c1ccncc1. The Hall–Kier alpha value is -3.14. The van der Waals surface area contributed by atoms with Crippen LogP contribution in [0.2, 0.25) is 0 Å². The van der Waals surface area contributed by atoms with E-state index in [1.165, 1.54) is 6.20 Å². The molecule has 0 unspecified atom stereocenters. The molecule has 9 heteroatoms. The van der Waals surface area contributed by atoms with Crippen molar-refractivity contribution in [2.75, 3.05) is 13.2 Å². The maximum Gasteiger partial charge on any atom is 0.242 e. The molecule has 0 aliphatic rings. The molecule has 29 heavy (non-hydrogen) atoms. The van der Waals surface area contributed by atoms with E-state index in [9.17, 15) is 8.42 Å². The molecule has 3 heterocycles. The van der Waals surface area contributed by atoms with Gasteiger partial charge in [0.05, 0.1) is 17.8 Å². The highest BCUT2D eigenvalue weighted by molar-refractivity contribution is 7.89. The van der Waals surface area contributed by atoms with Crippen molar-refractivity contribution in [3.05, 3.63) is 61.2 Å². The van der Waals surface area contributed by atoms with E-state index in [2.05, 4.69) is 19.8 Å². The first-order chi connectivity index (χ1) is 14.0. The number of hydrogen-bond donors (Lipinski definition) is 2. The molecule has 0 saturated carbocycles. The molecule has 0 spiro atoms. The van der Waals surface area contributed by atoms with Gasteiger partial charge >= 0.3 is 0 Å². The van der Waals surface area contributed by atoms with Crippen molar-refractivity contribution in [2.45, 2.75) is 4.90 Å². The highest BCUT2D eigenvalue weighted by Gasteiger charge is 2.16. The van der Waals surface area contributed by atoms with E-state index in [4.69, 9.17) is 5.11 Å². The van der Waals surface area contributed by atoms with E-state index in [0.717, 1.165) is 27.7 Å². The number of hydrogen-bond acceptors (Lipinski definition) is 6. The van der Waals surface area contributed by atoms with Crippen LogP contribution in [-0.4, -0.2) is 46.4 Å². The van der Waals surface area contributed by atoms with Gasteiger partial charge in [0, 0.05) is 54.9 Å². The summed E-state index contributed by atoms with van der Waals surface area (Å²) < 4.78 is 28.8. The van der Waals surface area contributed by atoms with Crippen LogP contribution in [0.25, 0.3) is 33.3 Å². The van der Waals surface area contributed by atoms with Gasteiger partial charge in [-0.05, 0) is 35.9 Å². The predicted molar refractivity (Wildman–Crippen MR) is 109 cm³/mol. The van der Waals surface area contributed by atoms with Crippen LogP contribution in [-0.2, 0) is 17.1 Å². The summed E-state index contributed by atoms with van der Waals surface area (Å²) in [7, 11) is -1.85. The van der Waals surface area contributed by atoms with Crippen molar-refractivity contribution in [3.63, 3.8) is 0 Å². The summed E-state index contributed by atoms with van der Waals surface area (Å²) in [4.78, 5) is 8.20. The topological polar surface area (TPSA) is 110 Å². The highest BCUT2D eigenvalue weighted by atomic mass is 32.2. The maximum absolute atomic E-state index is 12.3. The van der Waals surface area contributed by atoms with Gasteiger partial charge in [-0.3, -0.25) is 14.6 Å². The fourth-order valence-corrected chi connectivity index (χ4v) is 4.23. The molecule has 8 nitrogen and oxygen atoms in total. The largest absolute Gasteiger partial charge is 0.395 e. The van der Waals surface area contributed by atoms with Gasteiger partial charge in [-0.1, -0.05) is 6.07 Å². The summed E-state index contributed by atoms with van der Waals surface area (Å²) in [6.45, 7) is -0.328.